The molecule has 3 fully saturated rings. The van der Waals surface area contributed by atoms with Gasteiger partial charge in [0, 0.05) is 29.8 Å². The SMILES string of the molecule is COCC(NC(=O)c1ccc(Cl)cc1)[C@H]1[C@@H]2C[C@@H](n3cc(C4CC4)nn3)C[C@@H]21. The third kappa shape index (κ3) is 3.44. The van der Waals surface area contributed by atoms with Crippen LogP contribution in [0.25, 0.3) is 0 Å². The lowest BCUT2D eigenvalue weighted by Crippen LogP contribution is -2.41. The molecule has 5 rings (SSSR count). The molecule has 0 spiro atoms. The molecule has 0 bridgehead atoms. The van der Waals surface area contributed by atoms with Gasteiger partial charge in [-0.25, -0.2) is 4.68 Å². The lowest BCUT2D eigenvalue weighted by molar-refractivity contribution is 0.0872. The minimum absolute atomic E-state index is 0.0434. The van der Waals surface area contributed by atoms with E-state index in [0.717, 1.165) is 18.5 Å². The van der Waals surface area contributed by atoms with Gasteiger partial charge in [-0.05, 0) is 67.7 Å². The maximum Gasteiger partial charge on any atom is 0.251 e. The van der Waals surface area contributed by atoms with E-state index in [-0.39, 0.29) is 11.9 Å². The number of fused-ring (bicyclic) bond motifs is 1. The molecular formula is C21H25ClN4O2. The molecule has 3 aliphatic rings. The zero-order valence-corrected chi connectivity index (χ0v) is 16.7. The van der Waals surface area contributed by atoms with Gasteiger partial charge in [-0.15, -0.1) is 5.10 Å². The van der Waals surface area contributed by atoms with Crippen LogP contribution < -0.4 is 5.32 Å². The van der Waals surface area contributed by atoms with Gasteiger partial charge in [0.15, 0.2) is 0 Å². The summed E-state index contributed by atoms with van der Waals surface area (Å²) in [5, 5.41) is 12.5. The highest BCUT2D eigenvalue weighted by Crippen LogP contribution is 2.62. The molecule has 5 atom stereocenters. The summed E-state index contributed by atoms with van der Waals surface area (Å²) >= 11 is 5.92. The normalized spacial score (nSPS) is 29.4. The van der Waals surface area contributed by atoms with Gasteiger partial charge in [0.25, 0.3) is 5.91 Å². The molecule has 1 amide bonds. The van der Waals surface area contributed by atoms with Gasteiger partial charge >= 0.3 is 0 Å². The summed E-state index contributed by atoms with van der Waals surface area (Å²) in [7, 11) is 1.69. The number of carbonyl (C=O) groups is 1. The van der Waals surface area contributed by atoms with Crippen molar-refractivity contribution in [3.05, 3.63) is 46.7 Å². The Labute approximate surface area is 169 Å². The number of hydrogen-bond donors (Lipinski definition) is 1. The molecule has 1 heterocycles. The van der Waals surface area contributed by atoms with E-state index in [1.54, 1.807) is 31.4 Å². The lowest BCUT2D eigenvalue weighted by Gasteiger charge is -2.22. The van der Waals surface area contributed by atoms with Crippen LogP contribution in [0.15, 0.2) is 30.5 Å². The molecular weight excluding hydrogens is 376 g/mol. The highest BCUT2D eigenvalue weighted by Gasteiger charge is 2.59. The van der Waals surface area contributed by atoms with Crippen LogP contribution in [0, 0.1) is 17.8 Å². The summed E-state index contributed by atoms with van der Waals surface area (Å²) < 4.78 is 7.49. The van der Waals surface area contributed by atoms with Gasteiger partial charge in [0.1, 0.15) is 0 Å². The Morgan fingerprint density at radius 2 is 2.00 bits per heavy atom. The molecule has 28 heavy (non-hydrogen) atoms. The van der Waals surface area contributed by atoms with Crippen LogP contribution in [0.4, 0.5) is 0 Å². The molecule has 0 aliphatic heterocycles. The summed E-state index contributed by atoms with van der Waals surface area (Å²) in [4.78, 5) is 12.6. The van der Waals surface area contributed by atoms with Crippen molar-refractivity contribution in [1.82, 2.24) is 20.3 Å². The predicted octanol–water partition coefficient (Wildman–Crippen LogP) is 3.45. The van der Waals surface area contributed by atoms with E-state index in [1.807, 2.05) is 0 Å². The van der Waals surface area contributed by atoms with Crippen molar-refractivity contribution in [2.24, 2.45) is 17.8 Å². The van der Waals surface area contributed by atoms with Gasteiger partial charge < -0.3 is 10.1 Å². The number of carbonyl (C=O) groups excluding carboxylic acids is 1. The molecule has 2 aromatic rings. The van der Waals surface area contributed by atoms with Crippen LogP contribution in [0.2, 0.25) is 5.02 Å². The first-order valence-corrected chi connectivity index (χ1v) is 10.5. The number of nitrogens with zero attached hydrogens (tertiary/aromatic N) is 3. The first-order chi connectivity index (χ1) is 13.6. The van der Waals surface area contributed by atoms with E-state index in [4.69, 9.17) is 16.3 Å². The number of ether oxygens (including phenoxy) is 1. The average Bonchev–Trinajstić information content (AvgIpc) is 3.55. The smallest absolute Gasteiger partial charge is 0.251 e. The summed E-state index contributed by atoms with van der Waals surface area (Å²) in [5.74, 6) is 2.32. The number of rotatable bonds is 7. The van der Waals surface area contributed by atoms with E-state index in [2.05, 4.69) is 26.5 Å². The second kappa shape index (κ2) is 7.16. The van der Waals surface area contributed by atoms with E-state index < -0.39 is 0 Å². The zero-order chi connectivity index (χ0) is 19.3. The first kappa shape index (κ1) is 18.1. The quantitative estimate of drug-likeness (QED) is 0.772. The molecule has 7 heteroatoms. The third-order valence-electron chi connectivity index (χ3n) is 6.62. The van der Waals surface area contributed by atoms with Crippen molar-refractivity contribution in [1.29, 1.82) is 0 Å². The average molecular weight is 401 g/mol. The number of hydrogen-bond acceptors (Lipinski definition) is 4. The Bertz CT molecular complexity index is 852. The Morgan fingerprint density at radius 1 is 1.29 bits per heavy atom. The number of aromatic nitrogens is 3. The van der Waals surface area contributed by atoms with Gasteiger partial charge in [0.05, 0.1) is 24.4 Å². The van der Waals surface area contributed by atoms with Crippen molar-refractivity contribution in [2.75, 3.05) is 13.7 Å². The monoisotopic (exact) mass is 400 g/mol. The van der Waals surface area contributed by atoms with E-state index >= 15 is 0 Å². The zero-order valence-electron chi connectivity index (χ0n) is 15.9. The molecule has 3 aliphatic carbocycles. The number of amides is 1. The molecule has 148 valence electrons. The van der Waals surface area contributed by atoms with Crippen molar-refractivity contribution in [3.8, 4) is 0 Å². The molecule has 1 unspecified atom stereocenters. The summed E-state index contributed by atoms with van der Waals surface area (Å²) in [6.45, 7) is 0.539. The molecule has 1 aromatic heterocycles. The fourth-order valence-corrected chi connectivity index (χ4v) is 5.12. The first-order valence-electron chi connectivity index (χ1n) is 10.1. The summed E-state index contributed by atoms with van der Waals surface area (Å²) in [6, 6.07) is 7.49. The molecule has 1 N–H and O–H groups in total. The van der Waals surface area contributed by atoms with Crippen LogP contribution in [0.5, 0.6) is 0 Å². The third-order valence-corrected chi connectivity index (χ3v) is 6.87. The molecule has 6 nitrogen and oxygen atoms in total. The molecule has 0 saturated heterocycles. The second-order valence-corrected chi connectivity index (χ2v) is 8.91. The number of nitrogens with one attached hydrogen (secondary N) is 1. The van der Waals surface area contributed by atoms with Crippen LogP contribution >= 0.6 is 11.6 Å². The minimum Gasteiger partial charge on any atom is -0.383 e. The lowest BCUT2D eigenvalue weighted by atomic mass is 10.0. The molecule has 1 aromatic carbocycles. The van der Waals surface area contributed by atoms with E-state index in [9.17, 15) is 4.79 Å². The Kier molecular flexibility index (Phi) is 4.63. The standard InChI is InChI=1S/C21H25ClN4O2/c1-28-11-19(23-21(27)13-4-6-14(22)7-5-13)20-16-8-15(9-17(16)20)26-10-18(24-25-26)12-2-3-12/h4-7,10,12,15-17,19-20H,2-3,8-9,11H2,1H3,(H,23,27)/t15-,16-,17+,19?,20+. The summed E-state index contributed by atoms with van der Waals surface area (Å²) in [5.41, 5.74) is 1.79. The maximum atomic E-state index is 12.6. The Balaban J connectivity index is 1.20. The summed E-state index contributed by atoms with van der Waals surface area (Å²) in [6.07, 6.45) is 6.88. The van der Waals surface area contributed by atoms with Gasteiger partial charge in [-0.2, -0.15) is 0 Å². The maximum absolute atomic E-state index is 12.6. The van der Waals surface area contributed by atoms with Gasteiger partial charge in [-0.3, -0.25) is 4.79 Å². The highest BCUT2D eigenvalue weighted by atomic mass is 35.5. The highest BCUT2D eigenvalue weighted by molar-refractivity contribution is 6.30. The van der Waals surface area contributed by atoms with E-state index in [1.165, 1.54) is 12.8 Å². The van der Waals surface area contributed by atoms with Gasteiger partial charge in [-0.1, -0.05) is 16.8 Å². The van der Waals surface area contributed by atoms with Crippen molar-refractivity contribution in [2.45, 2.75) is 43.7 Å². The largest absolute Gasteiger partial charge is 0.383 e. The van der Waals surface area contributed by atoms with Crippen molar-refractivity contribution in [3.63, 3.8) is 0 Å². The number of benzene rings is 1. The predicted molar refractivity (Wildman–Crippen MR) is 105 cm³/mol. The van der Waals surface area contributed by atoms with Crippen molar-refractivity contribution < 1.29 is 9.53 Å². The Morgan fingerprint density at radius 3 is 2.64 bits per heavy atom. The molecule has 0 radical (unpaired) electrons. The van der Waals surface area contributed by atoms with Crippen molar-refractivity contribution >= 4 is 17.5 Å². The van der Waals surface area contributed by atoms with Gasteiger partial charge in [0.2, 0.25) is 0 Å². The topological polar surface area (TPSA) is 69.0 Å². The van der Waals surface area contributed by atoms with Crippen LogP contribution in [-0.2, 0) is 4.74 Å². The number of methoxy groups -OCH3 is 1. The van der Waals surface area contributed by atoms with Crippen LogP contribution in [-0.4, -0.2) is 40.7 Å². The van der Waals surface area contributed by atoms with Crippen LogP contribution in [0.3, 0.4) is 0 Å². The second-order valence-electron chi connectivity index (χ2n) is 8.47. The van der Waals surface area contributed by atoms with E-state index in [0.29, 0.717) is 46.9 Å². The van der Waals surface area contributed by atoms with Crippen LogP contribution in [0.1, 0.15) is 53.7 Å². The minimum atomic E-state index is -0.0643. The molecule has 3 saturated carbocycles. The number of halogens is 1. The fourth-order valence-electron chi connectivity index (χ4n) is 4.99. The Hall–Kier alpha value is -1.92. The fraction of sp³-hybridized carbons (Fsp3) is 0.571.